The summed E-state index contributed by atoms with van der Waals surface area (Å²) in [6.45, 7) is 0.0802. The monoisotopic (exact) mass is 325 g/mol. The molecule has 0 saturated heterocycles. The predicted molar refractivity (Wildman–Crippen MR) is 87.7 cm³/mol. The highest BCUT2D eigenvalue weighted by molar-refractivity contribution is 5.99. The van der Waals surface area contributed by atoms with Crippen molar-refractivity contribution in [1.82, 2.24) is 15.5 Å². The smallest absolute Gasteiger partial charge is 0.255 e. The SMILES string of the molecule is O=C(NCC(O)c1ccccc1)c1cn[nH]c1-c1ccc(F)cc1. The molecule has 1 heterocycles. The second-order valence-electron chi connectivity index (χ2n) is 5.30. The van der Waals surface area contributed by atoms with Crippen molar-refractivity contribution in [3.05, 3.63) is 77.7 Å². The van der Waals surface area contributed by atoms with E-state index in [4.69, 9.17) is 0 Å². The fourth-order valence-electron chi connectivity index (χ4n) is 2.37. The molecule has 0 saturated carbocycles. The van der Waals surface area contributed by atoms with Crippen LogP contribution in [0.4, 0.5) is 4.39 Å². The molecule has 0 aliphatic carbocycles. The molecule has 2 aromatic carbocycles. The lowest BCUT2D eigenvalue weighted by Gasteiger charge is -2.12. The van der Waals surface area contributed by atoms with Gasteiger partial charge in [0.1, 0.15) is 5.82 Å². The van der Waals surface area contributed by atoms with Crippen LogP contribution in [0.5, 0.6) is 0 Å². The maximum Gasteiger partial charge on any atom is 0.255 e. The van der Waals surface area contributed by atoms with Crippen molar-refractivity contribution in [3.8, 4) is 11.3 Å². The summed E-state index contributed by atoms with van der Waals surface area (Å²) in [4.78, 5) is 12.3. The molecule has 0 fully saturated rings. The lowest BCUT2D eigenvalue weighted by Crippen LogP contribution is -2.28. The van der Waals surface area contributed by atoms with E-state index in [0.717, 1.165) is 5.56 Å². The number of hydrogen-bond acceptors (Lipinski definition) is 3. The molecule has 1 unspecified atom stereocenters. The van der Waals surface area contributed by atoms with Gasteiger partial charge in [0.2, 0.25) is 0 Å². The van der Waals surface area contributed by atoms with Gasteiger partial charge in [-0.3, -0.25) is 9.89 Å². The molecular formula is C18H16FN3O2. The molecule has 0 radical (unpaired) electrons. The number of benzene rings is 2. The molecule has 3 aromatic rings. The molecule has 0 aliphatic rings. The molecular weight excluding hydrogens is 309 g/mol. The number of rotatable bonds is 5. The zero-order valence-corrected chi connectivity index (χ0v) is 12.7. The summed E-state index contributed by atoms with van der Waals surface area (Å²) in [6.07, 6.45) is 0.611. The first kappa shape index (κ1) is 15.9. The van der Waals surface area contributed by atoms with E-state index in [-0.39, 0.29) is 18.3 Å². The summed E-state index contributed by atoms with van der Waals surface area (Å²) >= 11 is 0. The number of aliphatic hydroxyl groups is 1. The van der Waals surface area contributed by atoms with Crippen molar-refractivity contribution in [1.29, 1.82) is 0 Å². The van der Waals surface area contributed by atoms with Crippen LogP contribution in [0.15, 0.2) is 60.8 Å². The van der Waals surface area contributed by atoms with E-state index >= 15 is 0 Å². The number of aromatic amines is 1. The maximum atomic E-state index is 13.0. The molecule has 6 heteroatoms. The van der Waals surface area contributed by atoms with Crippen LogP contribution in [0.3, 0.4) is 0 Å². The summed E-state index contributed by atoms with van der Waals surface area (Å²) in [7, 11) is 0. The largest absolute Gasteiger partial charge is 0.387 e. The highest BCUT2D eigenvalue weighted by atomic mass is 19.1. The number of H-pyrrole nitrogens is 1. The number of hydrogen-bond donors (Lipinski definition) is 3. The Kier molecular flexibility index (Phi) is 4.67. The average molecular weight is 325 g/mol. The number of aromatic nitrogens is 2. The van der Waals surface area contributed by atoms with Gasteiger partial charge in [-0.05, 0) is 29.8 Å². The Morgan fingerprint density at radius 3 is 2.58 bits per heavy atom. The minimum atomic E-state index is -0.795. The normalized spacial score (nSPS) is 11.9. The topological polar surface area (TPSA) is 78.0 Å². The molecule has 122 valence electrons. The number of amides is 1. The standard InChI is InChI=1S/C18H16FN3O2/c19-14-8-6-13(7-9-14)17-15(10-21-22-17)18(24)20-11-16(23)12-4-2-1-3-5-12/h1-10,16,23H,11H2,(H,20,24)(H,21,22). The first-order valence-corrected chi connectivity index (χ1v) is 7.45. The van der Waals surface area contributed by atoms with Gasteiger partial charge < -0.3 is 10.4 Å². The Morgan fingerprint density at radius 2 is 1.88 bits per heavy atom. The summed E-state index contributed by atoms with van der Waals surface area (Å²) in [6, 6.07) is 14.9. The van der Waals surface area contributed by atoms with Gasteiger partial charge in [0.15, 0.2) is 0 Å². The van der Waals surface area contributed by atoms with E-state index in [1.807, 2.05) is 18.2 Å². The van der Waals surface area contributed by atoms with Crippen molar-refractivity contribution in [3.63, 3.8) is 0 Å². The summed E-state index contributed by atoms with van der Waals surface area (Å²) < 4.78 is 13.0. The van der Waals surface area contributed by atoms with Gasteiger partial charge in [-0.2, -0.15) is 5.10 Å². The molecule has 1 amide bonds. The van der Waals surface area contributed by atoms with Crippen molar-refractivity contribution >= 4 is 5.91 Å². The second kappa shape index (κ2) is 7.06. The van der Waals surface area contributed by atoms with Gasteiger partial charge in [0, 0.05) is 12.1 Å². The van der Waals surface area contributed by atoms with Crippen molar-refractivity contribution in [2.75, 3.05) is 6.54 Å². The molecule has 1 aromatic heterocycles. The van der Waals surface area contributed by atoms with Crippen LogP contribution in [0, 0.1) is 5.82 Å². The van der Waals surface area contributed by atoms with Gasteiger partial charge >= 0.3 is 0 Å². The molecule has 0 aliphatic heterocycles. The third-order valence-electron chi connectivity index (χ3n) is 3.66. The van der Waals surface area contributed by atoms with Crippen LogP contribution in [0.25, 0.3) is 11.3 Å². The summed E-state index contributed by atoms with van der Waals surface area (Å²) in [5.74, 6) is -0.715. The summed E-state index contributed by atoms with van der Waals surface area (Å²) in [5, 5.41) is 19.4. The highest BCUT2D eigenvalue weighted by Gasteiger charge is 2.16. The zero-order chi connectivity index (χ0) is 16.9. The second-order valence-corrected chi connectivity index (χ2v) is 5.30. The zero-order valence-electron chi connectivity index (χ0n) is 12.7. The molecule has 0 spiro atoms. The number of aliphatic hydroxyl groups excluding tert-OH is 1. The van der Waals surface area contributed by atoms with Gasteiger partial charge in [0.25, 0.3) is 5.91 Å². The van der Waals surface area contributed by atoms with E-state index in [9.17, 15) is 14.3 Å². The quantitative estimate of drug-likeness (QED) is 0.675. The molecule has 0 bridgehead atoms. The minimum absolute atomic E-state index is 0.0802. The third-order valence-corrected chi connectivity index (χ3v) is 3.66. The van der Waals surface area contributed by atoms with Crippen LogP contribution >= 0.6 is 0 Å². The van der Waals surface area contributed by atoms with Gasteiger partial charge in [0.05, 0.1) is 23.6 Å². The molecule has 3 N–H and O–H groups in total. The number of carbonyl (C=O) groups excluding carboxylic acids is 1. The maximum absolute atomic E-state index is 13.0. The minimum Gasteiger partial charge on any atom is -0.387 e. The van der Waals surface area contributed by atoms with Gasteiger partial charge in [-0.15, -0.1) is 0 Å². The molecule has 1 atom stereocenters. The summed E-state index contributed by atoms with van der Waals surface area (Å²) in [5.41, 5.74) is 2.22. The van der Waals surface area contributed by atoms with Crippen LogP contribution in [-0.4, -0.2) is 27.8 Å². The number of nitrogens with zero attached hydrogens (tertiary/aromatic N) is 1. The lowest BCUT2D eigenvalue weighted by atomic mass is 10.1. The van der Waals surface area contributed by atoms with Crippen LogP contribution in [0.1, 0.15) is 22.0 Å². The van der Waals surface area contributed by atoms with Crippen molar-refractivity contribution < 1.29 is 14.3 Å². The Morgan fingerprint density at radius 1 is 1.17 bits per heavy atom. The van der Waals surface area contributed by atoms with E-state index < -0.39 is 6.10 Å². The van der Waals surface area contributed by atoms with E-state index in [0.29, 0.717) is 16.8 Å². The molecule has 24 heavy (non-hydrogen) atoms. The van der Waals surface area contributed by atoms with E-state index in [2.05, 4.69) is 15.5 Å². The van der Waals surface area contributed by atoms with Gasteiger partial charge in [-0.1, -0.05) is 30.3 Å². The Hall–Kier alpha value is -2.99. The van der Waals surface area contributed by atoms with Crippen molar-refractivity contribution in [2.45, 2.75) is 6.10 Å². The van der Waals surface area contributed by atoms with Crippen LogP contribution < -0.4 is 5.32 Å². The Labute approximate surface area is 138 Å². The average Bonchev–Trinajstić information content (AvgIpc) is 3.10. The fourth-order valence-corrected chi connectivity index (χ4v) is 2.37. The number of halogens is 1. The lowest BCUT2D eigenvalue weighted by molar-refractivity contribution is 0.0917. The van der Waals surface area contributed by atoms with E-state index in [1.54, 1.807) is 24.3 Å². The fraction of sp³-hybridized carbons (Fsp3) is 0.111. The van der Waals surface area contributed by atoms with Crippen LogP contribution in [0.2, 0.25) is 0 Å². The number of carbonyl (C=O) groups is 1. The predicted octanol–water partition coefficient (Wildman–Crippen LogP) is 2.68. The first-order valence-electron chi connectivity index (χ1n) is 7.45. The highest BCUT2D eigenvalue weighted by Crippen LogP contribution is 2.21. The van der Waals surface area contributed by atoms with Gasteiger partial charge in [-0.25, -0.2) is 4.39 Å². The van der Waals surface area contributed by atoms with E-state index in [1.165, 1.54) is 18.3 Å². The van der Waals surface area contributed by atoms with Crippen molar-refractivity contribution in [2.24, 2.45) is 0 Å². The molecule has 3 rings (SSSR count). The number of nitrogens with one attached hydrogen (secondary N) is 2. The first-order chi connectivity index (χ1) is 11.6. The third kappa shape index (κ3) is 3.49. The Bertz CT molecular complexity index is 816. The Balaban J connectivity index is 1.70. The molecule has 5 nitrogen and oxygen atoms in total. The van der Waals surface area contributed by atoms with Crippen LogP contribution in [-0.2, 0) is 0 Å².